The number of nitrogens with one attached hydrogen (secondary N) is 1. The minimum absolute atomic E-state index is 0.380. The molecule has 0 saturated heterocycles. The van der Waals surface area contributed by atoms with Gasteiger partial charge in [-0.25, -0.2) is 9.78 Å². The minimum atomic E-state index is -1.11. The van der Waals surface area contributed by atoms with E-state index in [0.717, 1.165) is 13.5 Å². The van der Waals surface area contributed by atoms with Crippen LogP contribution in [0.15, 0.2) is 24.5 Å². The fraction of sp³-hybridized carbons (Fsp3) is 0. The van der Waals surface area contributed by atoms with Crippen LogP contribution in [-0.4, -0.2) is 21.2 Å². The average molecular weight is 347 g/mol. The number of anilines is 1. The lowest BCUT2D eigenvalue weighted by atomic mass is 10.3. The molecule has 0 aliphatic carbocycles. The fourth-order valence-corrected chi connectivity index (χ4v) is 2.73. The van der Waals surface area contributed by atoms with Crippen LogP contribution in [0.3, 0.4) is 0 Å². The van der Waals surface area contributed by atoms with E-state index in [1.54, 1.807) is 12.4 Å². The molecule has 2 aromatic rings. The molecule has 2 aromatic heterocycles. The molecule has 82 valence electrons. The Morgan fingerprint density at radius 1 is 1.44 bits per heavy atom. The third-order valence-corrected chi connectivity index (χ3v) is 3.80. The number of thiazole rings is 1. The topological polar surface area (TPSA) is 75.1 Å². The molecule has 16 heavy (non-hydrogen) atoms. The van der Waals surface area contributed by atoms with Crippen molar-refractivity contribution in [3.63, 3.8) is 0 Å². The van der Waals surface area contributed by atoms with Crippen LogP contribution in [0.1, 0.15) is 0 Å². The van der Waals surface area contributed by atoms with E-state index in [-0.39, 0.29) is 0 Å². The number of carboxylic acid groups (broad SMARTS) is 1. The summed E-state index contributed by atoms with van der Waals surface area (Å²) < 4.78 is 0.812. The van der Waals surface area contributed by atoms with Gasteiger partial charge in [0.15, 0.2) is 5.82 Å². The van der Waals surface area contributed by atoms with Crippen molar-refractivity contribution in [2.75, 3.05) is 5.32 Å². The van der Waals surface area contributed by atoms with Gasteiger partial charge in [-0.3, -0.25) is 10.3 Å². The van der Waals surface area contributed by atoms with Crippen molar-refractivity contribution >= 4 is 45.8 Å². The van der Waals surface area contributed by atoms with Gasteiger partial charge in [0, 0.05) is 18.0 Å². The van der Waals surface area contributed by atoms with E-state index in [4.69, 9.17) is 5.11 Å². The number of carbonyl (C=O) groups is 1. The molecule has 0 aliphatic rings. The quantitative estimate of drug-likeness (QED) is 0.820. The standard InChI is InChI=1S/C9H6IN3O2S/c10-6-7(13-9(14)15)12-8(16-6)5-1-3-11-4-2-5/h1-4,13H,(H,14,15). The molecule has 1 amide bonds. The van der Waals surface area contributed by atoms with Gasteiger partial charge in [0.1, 0.15) is 7.89 Å². The van der Waals surface area contributed by atoms with E-state index in [1.807, 2.05) is 12.1 Å². The average Bonchev–Trinajstić information content (AvgIpc) is 2.61. The number of halogens is 1. The molecule has 0 aromatic carbocycles. The van der Waals surface area contributed by atoms with E-state index in [9.17, 15) is 4.79 Å². The molecule has 0 saturated carbocycles. The third-order valence-electron chi connectivity index (χ3n) is 1.74. The van der Waals surface area contributed by atoms with Crippen LogP contribution >= 0.6 is 33.9 Å². The zero-order chi connectivity index (χ0) is 11.5. The summed E-state index contributed by atoms with van der Waals surface area (Å²) in [5.74, 6) is 0.380. The molecule has 0 spiro atoms. The Hall–Kier alpha value is -1.22. The van der Waals surface area contributed by atoms with Gasteiger partial charge in [0.2, 0.25) is 0 Å². The van der Waals surface area contributed by atoms with Crippen molar-refractivity contribution in [1.29, 1.82) is 0 Å². The molecular formula is C9H6IN3O2S. The highest BCUT2D eigenvalue weighted by atomic mass is 127. The van der Waals surface area contributed by atoms with Gasteiger partial charge in [0.25, 0.3) is 0 Å². The van der Waals surface area contributed by atoms with Crippen LogP contribution < -0.4 is 5.32 Å². The summed E-state index contributed by atoms with van der Waals surface area (Å²) in [7, 11) is 0. The summed E-state index contributed by atoms with van der Waals surface area (Å²) in [6, 6.07) is 3.67. The Kier molecular flexibility index (Phi) is 3.34. The van der Waals surface area contributed by atoms with Crippen molar-refractivity contribution in [1.82, 2.24) is 9.97 Å². The molecule has 7 heteroatoms. The maximum Gasteiger partial charge on any atom is 0.410 e. The molecule has 0 radical (unpaired) electrons. The SMILES string of the molecule is O=C(O)Nc1nc(-c2ccncc2)sc1I. The number of aromatic nitrogens is 2. The first-order valence-corrected chi connectivity index (χ1v) is 6.13. The highest BCUT2D eigenvalue weighted by molar-refractivity contribution is 14.1. The maximum atomic E-state index is 10.5. The highest BCUT2D eigenvalue weighted by Gasteiger charge is 2.11. The fourth-order valence-electron chi connectivity index (χ4n) is 1.10. The summed E-state index contributed by atoms with van der Waals surface area (Å²) in [4.78, 5) is 18.6. The first-order valence-electron chi connectivity index (χ1n) is 4.23. The van der Waals surface area contributed by atoms with Gasteiger partial charge in [-0.05, 0) is 34.7 Å². The number of hydrogen-bond acceptors (Lipinski definition) is 4. The Morgan fingerprint density at radius 3 is 2.75 bits per heavy atom. The van der Waals surface area contributed by atoms with Gasteiger partial charge in [-0.2, -0.15) is 0 Å². The van der Waals surface area contributed by atoms with Gasteiger partial charge in [-0.1, -0.05) is 0 Å². The molecule has 2 N–H and O–H groups in total. The Morgan fingerprint density at radius 2 is 2.12 bits per heavy atom. The van der Waals surface area contributed by atoms with Crippen molar-refractivity contribution in [3.8, 4) is 10.6 Å². The normalized spacial score (nSPS) is 10.1. The molecule has 0 unspecified atom stereocenters. The van der Waals surface area contributed by atoms with E-state index < -0.39 is 6.09 Å². The van der Waals surface area contributed by atoms with Crippen LogP contribution in [-0.2, 0) is 0 Å². The van der Waals surface area contributed by atoms with Crippen LogP contribution in [0.5, 0.6) is 0 Å². The monoisotopic (exact) mass is 347 g/mol. The predicted molar refractivity (Wildman–Crippen MR) is 69.7 cm³/mol. The second-order valence-electron chi connectivity index (χ2n) is 2.81. The molecule has 2 heterocycles. The summed E-state index contributed by atoms with van der Waals surface area (Å²) >= 11 is 3.49. The van der Waals surface area contributed by atoms with Crippen molar-refractivity contribution in [2.45, 2.75) is 0 Å². The molecule has 2 rings (SSSR count). The Bertz CT molecular complexity index is 515. The van der Waals surface area contributed by atoms with Crippen molar-refractivity contribution < 1.29 is 9.90 Å². The minimum Gasteiger partial charge on any atom is -0.465 e. The smallest absolute Gasteiger partial charge is 0.410 e. The van der Waals surface area contributed by atoms with Crippen LogP contribution in [0, 0.1) is 2.88 Å². The Labute approximate surface area is 109 Å². The van der Waals surface area contributed by atoms with Crippen molar-refractivity contribution in [3.05, 3.63) is 27.4 Å². The summed E-state index contributed by atoms with van der Waals surface area (Å²) in [6.07, 6.45) is 2.24. The first-order chi connectivity index (χ1) is 7.66. The van der Waals surface area contributed by atoms with Gasteiger partial charge in [-0.15, -0.1) is 11.3 Å². The number of hydrogen-bond donors (Lipinski definition) is 2. The van der Waals surface area contributed by atoms with E-state index >= 15 is 0 Å². The first kappa shape index (κ1) is 11.3. The number of pyridine rings is 1. The lowest BCUT2D eigenvalue weighted by molar-refractivity contribution is 0.209. The largest absolute Gasteiger partial charge is 0.465 e. The van der Waals surface area contributed by atoms with E-state index in [0.29, 0.717) is 5.82 Å². The third kappa shape index (κ3) is 2.47. The number of rotatable bonds is 2. The van der Waals surface area contributed by atoms with Crippen molar-refractivity contribution in [2.24, 2.45) is 0 Å². The van der Waals surface area contributed by atoms with Gasteiger partial charge < -0.3 is 5.11 Å². The lowest BCUT2D eigenvalue weighted by Crippen LogP contribution is -2.08. The Balaban J connectivity index is 2.34. The molecule has 0 fully saturated rings. The zero-order valence-electron chi connectivity index (χ0n) is 7.85. The molecular weight excluding hydrogens is 341 g/mol. The van der Waals surface area contributed by atoms with E-state index in [2.05, 4.69) is 37.9 Å². The van der Waals surface area contributed by atoms with Crippen LogP contribution in [0.4, 0.5) is 10.6 Å². The zero-order valence-corrected chi connectivity index (χ0v) is 10.8. The summed E-state index contributed by atoms with van der Waals surface area (Å²) in [6.45, 7) is 0. The second-order valence-corrected chi connectivity index (χ2v) is 5.62. The molecule has 5 nitrogen and oxygen atoms in total. The van der Waals surface area contributed by atoms with Gasteiger partial charge >= 0.3 is 6.09 Å². The predicted octanol–water partition coefficient (Wildman–Crippen LogP) is 2.90. The second kappa shape index (κ2) is 4.74. The maximum absolute atomic E-state index is 10.5. The van der Waals surface area contributed by atoms with Gasteiger partial charge in [0.05, 0.1) is 0 Å². The highest BCUT2D eigenvalue weighted by Crippen LogP contribution is 2.31. The van der Waals surface area contributed by atoms with Crippen LogP contribution in [0.2, 0.25) is 0 Å². The molecule has 0 aliphatic heterocycles. The summed E-state index contributed by atoms with van der Waals surface area (Å²) in [5.41, 5.74) is 0.927. The van der Waals surface area contributed by atoms with E-state index in [1.165, 1.54) is 11.3 Å². The van der Waals surface area contributed by atoms with Crippen LogP contribution in [0.25, 0.3) is 10.6 Å². The molecule has 0 bridgehead atoms. The lowest BCUT2D eigenvalue weighted by Gasteiger charge is -1.94. The number of nitrogens with zero attached hydrogens (tertiary/aromatic N) is 2. The summed E-state index contributed by atoms with van der Waals surface area (Å²) in [5, 5.41) is 11.6. The number of amides is 1. The molecule has 0 atom stereocenters.